The second-order valence-electron chi connectivity index (χ2n) is 5.70. The SMILES string of the molecule is C[C@@H](O)CN1CCN(C(=O)CCOc2ccc(Cl)cc2Cl)CC1. The lowest BCUT2D eigenvalue weighted by Gasteiger charge is -2.35. The molecule has 0 spiro atoms. The minimum absolute atomic E-state index is 0.0757. The molecule has 23 heavy (non-hydrogen) atoms. The summed E-state index contributed by atoms with van der Waals surface area (Å²) >= 11 is 11.8. The van der Waals surface area contributed by atoms with E-state index in [1.165, 1.54) is 0 Å². The molecule has 128 valence electrons. The molecule has 1 fully saturated rings. The molecule has 2 rings (SSSR count). The van der Waals surface area contributed by atoms with Crippen LogP contribution in [0.3, 0.4) is 0 Å². The normalized spacial score (nSPS) is 17.1. The zero-order valence-corrected chi connectivity index (χ0v) is 14.7. The summed E-state index contributed by atoms with van der Waals surface area (Å²) in [6.07, 6.45) is -0.0233. The number of ether oxygens (including phenoxy) is 1. The number of aliphatic hydroxyl groups is 1. The number of hydrogen-bond donors (Lipinski definition) is 1. The molecule has 1 aliphatic heterocycles. The zero-order chi connectivity index (χ0) is 16.8. The van der Waals surface area contributed by atoms with E-state index in [1.54, 1.807) is 25.1 Å². The first-order valence-corrected chi connectivity index (χ1v) is 8.47. The van der Waals surface area contributed by atoms with E-state index in [2.05, 4.69) is 4.90 Å². The van der Waals surface area contributed by atoms with Crippen molar-refractivity contribution in [3.05, 3.63) is 28.2 Å². The average molecular weight is 361 g/mol. The van der Waals surface area contributed by atoms with Gasteiger partial charge in [0, 0.05) is 37.7 Å². The van der Waals surface area contributed by atoms with Gasteiger partial charge in [-0.05, 0) is 25.1 Å². The average Bonchev–Trinajstić information content (AvgIpc) is 2.49. The van der Waals surface area contributed by atoms with Crippen LogP contribution >= 0.6 is 23.2 Å². The van der Waals surface area contributed by atoms with Crippen LogP contribution in [0.5, 0.6) is 5.75 Å². The molecule has 0 bridgehead atoms. The minimum atomic E-state index is -0.338. The van der Waals surface area contributed by atoms with Gasteiger partial charge in [0.25, 0.3) is 0 Å². The lowest BCUT2D eigenvalue weighted by atomic mass is 10.2. The van der Waals surface area contributed by atoms with Gasteiger partial charge in [0.1, 0.15) is 5.75 Å². The Morgan fingerprint density at radius 3 is 2.61 bits per heavy atom. The van der Waals surface area contributed by atoms with Gasteiger partial charge >= 0.3 is 0 Å². The van der Waals surface area contributed by atoms with Crippen molar-refractivity contribution in [2.75, 3.05) is 39.3 Å². The summed E-state index contributed by atoms with van der Waals surface area (Å²) in [6.45, 7) is 5.67. The Kier molecular flexibility index (Phi) is 6.96. The molecule has 0 aliphatic carbocycles. The van der Waals surface area contributed by atoms with Crippen molar-refractivity contribution >= 4 is 29.1 Å². The van der Waals surface area contributed by atoms with E-state index in [1.807, 2.05) is 4.90 Å². The maximum atomic E-state index is 12.2. The van der Waals surface area contributed by atoms with Crippen LogP contribution in [0.4, 0.5) is 0 Å². The monoisotopic (exact) mass is 360 g/mol. The first-order chi connectivity index (χ1) is 11.0. The zero-order valence-electron chi connectivity index (χ0n) is 13.2. The third-order valence-corrected chi connectivity index (χ3v) is 4.25. The van der Waals surface area contributed by atoms with Crippen LogP contribution in [0.2, 0.25) is 10.0 Å². The van der Waals surface area contributed by atoms with Gasteiger partial charge in [0.05, 0.1) is 24.2 Å². The fraction of sp³-hybridized carbons (Fsp3) is 0.562. The van der Waals surface area contributed by atoms with Crippen LogP contribution in [0, 0.1) is 0 Å². The van der Waals surface area contributed by atoms with Crippen molar-refractivity contribution in [3.8, 4) is 5.75 Å². The van der Waals surface area contributed by atoms with Gasteiger partial charge in [-0.2, -0.15) is 0 Å². The number of carbonyl (C=O) groups is 1. The number of halogens is 2. The van der Waals surface area contributed by atoms with Crippen LogP contribution in [0.25, 0.3) is 0 Å². The fourth-order valence-electron chi connectivity index (χ4n) is 2.55. The van der Waals surface area contributed by atoms with Crippen LogP contribution in [-0.4, -0.2) is 66.2 Å². The van der Waals surface area contributed by atoms with Gasteiger partial charge in [-0.1, -0.05) is 23.2 Å². The van der Waals surface area contributed by atoms with E-state index < -0.39 is 0 Å². The number of carbonyl (C=O) groups excluding carboxylic acids is 1. The molecule has 1 aromatic carbocycles. The number of nitrogens with zero attached hydrogens (tertiary/aromatic N) is 2. The molecule has 0 radical (unpaired) electrons. The molecule has 1 atom stereocenters. The molecule has 5 nitrogen and oxygen atoms in total. The number of piperazine rings is 1. The van der Waals surface area contributed by atoms with Crippen LogP contribution in [-0.2, 0) is 4.79 Å². The molecule has 1 aromatic rings. The quantitative estimate of drug-likeness (QED) is 0.845. The van der Waals surface area contributed by atoms with Gasteiger partial charge in [0.2, 0.25) is 5.91 Å². The summed E-state index contributed by atoms with van der Waals surface area (Å²) in [7, 11) is 0. The van der Waals surface area contributed by atoms with E-state index in [-0.39, 0.29) is 18.6 Å². The lowest BCUT2D eigenvalue weighted by molar-refractivity contribution is -0.133. The number of aliphatic hydroxyl groups excluding tert-OH is 1. The molecule has 1 heterocycles. The first-order valence-electron chi connectivity index (χ1n) is 7.72. The summed E-state index contributed by atoms with van der Waals surface area (Å²) in [5, 5.41) is 10.4. The summed E-state index contributed by atoms with van der Waals surface area (Å²) < 4.78 is 5.55. The minimum Gasteiger partial charge on any atom is -0.491 e. The lowest BCUT2D eigenvalue weighted by Crippen LogP contribution is -2.50. The molecule has 1 saturated heterocycles. The predicted molar refractivity (Wildman–Crippen MR) is 91.3 cm³/mol. The Morgan fingerprint density at radius 1 is 1.30 bits per heavy atom. The largest absolute Gasteiger partial charge is 0.491 e. The van der Waals surface area contributed by atoms with E-state index in [4.69, 9.17) is 27.9 Å². The number of hydrogen-bond acceptors (Lipinski definition) is 4. The topological polar surface area (TPSA) is 53.0 Å². The standard InChI is InChI=1S/C16H22Cl2N2O3/c1-12(21)11-19-5-7-20(8-6-19)16(22)4-9-23-15-3-2-13(17)10-14(15)18/h2-3,10,12,21H,4-9,11H2,1H3/t12-/m1/s1. The summed E-state index contributed by atoms with van der Waals surface area (Å²) in [5.74, 6) is 0.609. The van der Waals surface area contributed by atoms with E-state index >= 15 is 0 Å². The Balaban J connectivity index is 1.71. The van der Waals surface area contributed by atoms with Crippen molar-refractivity contribution in [1.29, 1.82) is 0 Å². The first kappa shape index (κ1) is 18.3. The van der Waals surface area contributed by atoms with Crippen molar-refractivity contribution in [1.82, 2.24) is 9.80 Å². The van der Waals surface area contributed by atoms with Gasteiger partial charge in [0.15, 0.2) is 0 Å². The highest BCUT2D eigenvalue weighted by atomic mass is 35.5. The van der Waals surface area contributed by atoms with Crippen molar-refractivity contribution in [2.24, 2.45) is 0 Å². The van der Waals surface area contributed by atoms with Crippen LogP contribution < -0.4 is 4.74 Å². The number of rotatable bonds is 6. The molecule has 1 N–H and O–H groups in total. The number of β-amino-alcohol motifs (C(OH)–C–C–N with tert-alkyl or cyclic N) is 1. The molecule has 0 aromatic heterocycles. The second-order valence-corrected chi connectivity index (χ2v) is 6.55. The Morgan fingerprint density at radius 2 is 2.00 bits per heavy atom. The highest BCUT2D eigenvalue weighted by Crippen LogP contribution is 2.27. The molecule has 0 saturated carbocycles. The van der Waals surface area contributed by atoms with Crippen molar-refractivity contribution < 1.29 is 14.6 Å². The van der Waals surface area contributed by atoms with Gasteiger partial charge in [-0.3, -0.25) is 9.69 Å². The molecular weight excluding hydrogens is 339 g/mol. The summed E-state index contributed by atoms with van der Waals surface area (Å²) in [5.41, 5.74) is 0. The summed E-state index contributed by atoms with van der Waals surface area (Å²) in [6, 6.07) is 5.01. The van der Waals surface area contributed by atoms with Crippen molar-refractivity contribution in [2.45, 2.75) is 19.4 Å². The van der Waals surface area contributed by atoms with Gasteiger partial charge in [-0.15, -0.1) is 0 Å². The predicted octanol–water partition coefficient (Wildman–Crippen LogP) is 2.29. The molecule has 1 aliphatic rings. The van der Waals surface area contributed by atoms with E-state index in [9.17, 15) is 9.90 Å². The van der Waals surface area contributed by atoms with Crippen molar-refractivity contribution in [3.63, 3.8) is 0 Å². The molecule has 0 unspecified atom stereocenters. The van der Waals surface area contributed by atoms with Gasteiger partial charge < -0.3 is 14.7 Å². The van der Waals surface area contributed by atoms with Crippen LogP contribution in [0.15, 0.2) is 18.2 Å². The maximum absolute atomic E-state index is 12.2. The molecule has 1 amide bonds. The summed E-state index contributed by atoms with van der Waals surface area (Å²) in [4.78, 5) is 16.2. The molecule has 7 heteroatoms. The van der Waals surface area contributed by atoms with Gasteiger partial charge in [-0.25, -0.2) is 0 Å². The Hall–Kier alpha value is -1.01. The smallest absolute Gasteiger partial charge is 0.226 e. The second kappa shape index (κ2) is 8.73. The molecular formula is C16H22Cl2N2O3. The fourth-order valence-corrected chi connectivity index (χ4v) is 3.02. The third kappa shape index (κ3) is 5.84. The van der Waals surface area contributed by atoms with E-state index in [0.29, 0.717) is 41.8 Å². The maximum Gasteiger partial charge on any atom is 0.226 e. The highest BCUT2D eigenvalue weighted by molar-refractivity contribution is 6.35. The Bertz CT molecular complexity index is 532. The third-order valence-electron chi connectivity index (χ3n) is 3.71. The Labute approximate surface area is 146 Å². The number of benzene rings is 1. The van der Waals surface area contributed by atoms with E-state index in [0.717, 1.165) is 13.1 Å². The highest BCUT2D eigenvalue weighted by Gasteiger charge is 2.21. The number of amides is 1. The van der Waals surface area contributed by atoms with Crippen LogP contribution in [0.1, 0.15) is 13.3 Å².